The van der Waals surface area contributed by atoms with E-state index in [1.807, 2.05) is 6.92 Å². The fraction of sp³-hybridized carbons (Fsp3) is 0.438. The number of unbranched alkanes of at least 4 members (excludes halogenated alkanes) is 2. The highest BCUT2D eigenvalue weighted by molar-refractivity contribution is 5.92. The zero-order chi connectivity index (χ0) is 27.1. The van der Waals surface area contributed by atoms with Crippen molar-refractivity contribution in [3.63, 3.8) is 0 Å². The monoisotopic (exact) mass is 508 g/mol. The van der Waals surface area contributed by atoms with Crippen molar-refractivity contribution in [3.8, 4) is 5.75 Å². The Morgan fingerprint density at radius 1 is 0.838 bits per heavy atom. The van der Waals surface area contributed by atoms with Crippen LogP contribution in [0.1, 0.15) is 87.6 Å². The number of carbonyl (C=O) groups excluding carboxylic acids is 1. The number of aromatic hydroxyl groups is 1. The van der Waals surface area contributed by atoms with Crippen LogP contribution in [0.15, 0.2) is 79.0 Å². The molecular formula is C32H44O5. The number of ether oxygens (including phenoxy) is 1. The van der Waals surface area contributed by atoms with Crippen LogP contribution < -0.4 is 0 Å². The Balaban J connectivity index is 2.15. The van der Waals surface area contributed by atoms with Crippen LogP contribution in [0.3, 0.4) is 0 Å². The minimum Gasteiger partial charge on any atom is -0.507 e. The summed E-state index contributed by atoms with van der Waals surface area (Å²) >= 11 is 0. The maximum absolute atomic E-state index is 12.6. The quantitative estimate of drug-likeness (QED) is 0.138. The van der Waals surface area contributed by atoms with Crippen LogP contribution in [0, 0.1) is 0 Å². The Bertz CT molecular complexity index is 936. The summed E-state index contributed by atoms with van der Waals surface area (Å²) in [6.45, 7) is 4.56. The van der Waals surface area contributed by atoms with Crippen LogP contribution >= 0.6 is 0 Å². The highest BCUT2D eigenvalue weighted by atomic mass is 16.5. The summed E-state index contributed by atoms with van der Waals surface area (Å²) in [5, 5.41) is 18.7. The average Bonchev–Trinajstić information content (AvgIpc) is 2.88. The second-order valence-corrected chi connectivity index (χ2v) is 8.77. The number of carbonyl (C=O) groups is 2. The molecule has 1 aromatic rings. The maximum Gasteiger partial charge on any atom is 0.339 e. The largest absolute Gasteiger partial charge is 0.507 e. The minimum absolute atomic E-state index is 0.0812. The molecule has 5 heteroatoms. The van der Waals surface area contributed by atoms with Gasteiger partial charge < -0.3 is 14.9 Å². The molecular weight excluding hydrogens is 464 g/mol. The summed E-state index contributed by atoms with van der Waals surface area (Å²) in [5.74, 6) is -1.61. The first-order chi connectivity index (χ1) is 18.0. The SMILES string of the molecule is CC/C=C\C/C=C\C/C=C\C/C=C\C/C=C\CCCCO[C@@H](CC)C(=O)Cc1ccc(O)c(C(=O)O)c1. The molecule has 0 aliphatic heterocycles. The molecule has 0 aliphatic rings. The zero-order valence-electron chi connectivity index (χ0n) is 22.5. The number of phenols is 1. The molecule has 0 heterocycles. The van der Waals surface area contributed by atoms with Crippen LogP contribution in [-0.4, -0.2) is 34.7 Å². The number of aromatic carboxylic acids is 1. The van der Waals surface area contributed by atoms with Gasteiger partial charge in [-0.05, 0) is 75.5 Å². The second kappa shape index (κ2) is 21.0. The van der Waals surface area contributed by atoms with Crippen molar-refractivity contribution in [2.24, 2.45) is 0 Å². The standard InChI is InChI=1S/C32H44O5/c1-3-5-6-7-8-9-10-11-12-13-14-15-16-17-18-19-20-21-24-37-31(4-2)30(34)26-27-22-23-29(33)28(25-27)32(35)36/h5-6,8-9,11-12,14-15,17-18,22-23,25,31,33H,3-4,7,10,13,16,19-21,24,26H2,1-2H3,(H,35,36)/b6-5-,9-8-,12-11-,15-14-,18-17-/t31-/m0/s1. The molecule has 0 bridgehead atoms. The van der Waals surface area contributed by atoms with Gasteiger partial charge in [0.2, 0.25) is 0 Å². The molecule has 0 unspecified atom stereocenters. The Labute approximate surface area is 222 Å². The number of allylic oxidation sites excluding steroid dienone is 10. The van der Waals surface area contributed by atoms with E-state index in [1.165, 1.54) is 12.1 Å². The van der Waals surface area contributed by atoms with E-state index in [0.717, 1.165) is 51.4 Å². The number of carboxylic acid groups (broad SMARTS) is 1. The molecule has 5 nitrogen and oxygen atoms in total. The predicted molar refractivity (Wildman–Crippen MR) is 152 cm³/mol. The Morgan fingerprint density at radius 2 is 1.41 bits per heavy atom. The molecule has 0 fully saturated rings. The van der Waals surface area contributed by atoms with Gasteiger partial charge in [0.05, 0.1) is 0 Å². The van der Waals surface area contributed by atoms with Crippen LogP contribution in [0.5, 0.6) is 5.75 Å². The molecule has 1 atom stereocenters. The third-order valence-corrected chi connectivity index (χ3v) is 5.64. The van der Waals surface area contributed by atoms with Crippen LogP contribution in [0.2, 0.25) is 0 Å². The average molecular weight is 509 g/mol. The fourth-order valence-electron chi connectivity index (χ4n) is 3.58. The highest BCUT2D eigenvalue weighted by Crippen LogP contribution is 2.19. The maximum atomic E-state index is 12.6. The molecule has 0 radical (unpaired) electrons. The Hall–Kier alpha value is -3.18. The summed E-state index contributed by atoms with van der Waals surface area (Å²) in [5.41, 5.74) is 0.356. The van der Waals surface area contributed by atoms with Gasteiger partial charge in [-0.2, -0.15) is 0 Å². The third kappa shape index (κ3) is 15.5. The minimum atomic E-state index is -1.22. The molecule has 2 N–H and O–H groups in total. The zero-order valence-corrected chi connectivity index (χ0v) is 22.5. The van der Waals surface area contributed by atoms with Gasteiger partial charge >= 0.3 is 5.97 Å². The third-order valence-electron chi connectivity index (χ3n) is 5.64. The topological polar surface area (TPSA) is 83.8 Å². The van der Waals surface area contributed by atoms with E-state index in [1.54, 1.807) is 6.07 Å². The normalized spacial score (nSPS) is 13.1. The summed E-state index contributed by atoms with van der Waals surface area (Å²) in [4.78, 5) is 23.7. The predicted octanol–water partition coefficient (Wildman–Crippen LogP) is 7.92. The number of ketones is 1. The number of benzene rings is 1. The molecule has 0 aromatic heterocycles. The first kappa shape index (κ1) is 31.8. The molecule has 0 saturated heterocycles. The van der Waals surface area contributed by atoms with Gasteiger partial charge in [-0.3, -0.25) is 4.79 Å². The molecule has 202 valence electrons. The number of hydrogen-bond acceptors (Lipinski definition) is 4. The Kier molecular flexibility index (Phi) is 18.0. The van der Waals surface area contributed by atoms with Gasteiger partial charge in [0.1, 0.15) is 17.4 Å². The lowest BCUT2D eigenvalue weighted by molar-refractivity contribution is -0.130. The first-order valence-electron chi connectivity index (χ1n) is 13.4. The van der Waals surface area contributed by atoms with Crippen molar-refractivity contribution in [3.05, 3.63) is 90.1 Å². The Morgan fingerprint density at radius 3 is 1.95 bits per heavy atom. The molecule has 0 spiro atoms. The van der Waals surface area contributed by atoms with Gasteiger partial charge in [0, 0.05) is 13.0 Å². The number of rotatable bonds is 20. The van der Waals surface area contributed by atoms with Crippen LogP contribution in [0.4, 0.5) is 0 Å². The van der Waals surface area contributed by atoms with Crippen molar-refractivity contribution in [2.45, 2.75) is 84.2 Å². The summed E-state index contributed by atoms with van der Waals surface area (Å²) in [6.07, 6.45) is 29.9. The fourth-order valence-corrected chi connectivity index (χ4v) is 3.58. The number of carboxylic acids is 1. The van der Waals surface area contributed by atoms with E-state index in [0.29, 0.717) is 18.6 Å². The molecule has 0 aliphatic carbocycles. The van der Waals surface area contributed by atoms with Crippen molar-refractivity contribution in [1.29, 1.82) is 0 Å². The number of hydrogen-bond donors (Lipinski definition) is 2. The van der Waals surface area contributed by atoms with E-state index in [4.69, 9.17) is 9.84 Å². The van der Waals surface area contributed by atoms with E-state index >= 15 is 0 Å². The molecule has 0 amide bonds. The molecule has 37 heavy (non-hydrogen) atoms. The molecule has 0 saturated carbocycles. The van der Waals surface area contributed by atoms with E-state index in [2.05, 4.69) is 67.7 Å². The van der Waals surface area contributed by atoms with Crippen LogP contribution in [-0.2, 0) is 16.0 Å². The lowest BCUT2D eigenvalue weighted by atomic mass is 10.0. The smallest absolute Gasteiger partial charge is 0.339 e. The second-order valence-electron chi connectivity index (χ2n) is 8.77. The van der Waals surface area contributed by atoms with Crippen molar-refractivity contribution < 1.29 is 24.5 Å². The van der Waals surface area contributed by atoms with E-state index < -0.39 is 12.1 Å². The van der Waals surface area contributed by atoms with Gasteiger partial charge in [-0.15, -0.1) is 0 Å². The van der Waals surface area contributed by atoms with Crippen molar-refractivity contribution in [1.82, 2.24) is 0 Å². The lowest BCUT2D eigenvalue weighted by Gasteiger charge is -2.15. The van der Waals surface area contributed by atoms with Gasteiger partial charge in [-0.1, -0.05) is 80.7 Å². The summed E-state index contributed by atoms with van der Waals surface area (Å²) in [7, 11) is 0. The highest BCUT2D eigenvalue weighted by Gasteiger charge is 2.18. The molecule has 1 aromatic carbocycles. The number of Topliss-reactive ketones (excluding diaryl/α,β-unsaturated/α-hetero) is 1. The van der Waals surface area contributed by atoms with Crippen molar-refractivity contribution in [2.75, 3.05) is 6.61 Å². The van der Waals surface area contributed by atoms with E-state index in [9.17, 15) is 14.7 Å². The lowest BCUT2D eigenvalue weighted by Crippen LogP contribution is -2.25. The van der Waals surface area contributed by atoms with E-state index in [-0.39, 0.29) is 23.5 Å². The van der Waals surface area contributed by atoms with Gasteiger partial charge in [-0.25, -0.2) is 4.79 Å². The first-order valence-corrected chi connectivity index (χ1v) is 13.4. The van der Waals surface area contributed by atoms with Gasteiger partial charge in [0.25, 0.3) is 0 Å². The summed E-state index contributed by atoms with van der Waals surface area (Å²) in [6, 6.07) is 4.22. The van der Waals surface area contributed by atoms with Gasteiger partial charge in [0.15, 0.2) is 5.78 Å². The van der Waals surface area contributed by atoms with Crippen molar-refractivity contribution >= 4 is 11.8 Å². The summed E-state index contributed by atoms with van der Waals surface area (Å²) < 4.78 is 5.79. The van der Waals surface area contributed by atoms with Crippen LogP contribution in [0.25, 0.3) is 0 Å². The molecule has 1 rings (SSSR count).